The van der Waals surface area contributed by atoms with E-state index in [1.54, 1.807) is 0 Å². The maximum Gasteiger partial charge on any atom is 0.137 e. The fourth-order valence-electron chi connectivity index (χ4n) is 6.94. The average Bonchev–Trinajstić information content (AvgIpc) is 3.30. The molecule has 226 valence electrons. The summed E-state index contributed by atoms with van der Waals surface area (Å²) >= 11 is 0. The second-order valence-corrected chi connectivity index (χ2v) is 12.1. The van der Waals surface area contributed by atoms with Crippen molar-refractivity contribution in [2.24, 2.45) is 0 Å². The van der Waals surface area contributed by atoms with Gasteiger partial charge >= 0.3 is 0 Å². The van der Waals surface area contributed by atoms with Gasteiger partial charge in [0.1, 0.15) is 11.5 Å². The van der Waals surface area contributed by atoms with Crippen LogP contribution in [0.3, 0.4) is 0 Å². The highest BCUT2D eigenvalue weighted by Gasteiger charge is 2.24. The number of benzene rings is 8. The fraction of sp³-hybridized carbons (Fsp3) is 0. The van der Waals surface area contributed by atoms with E-state index in [0.717, 1.165) is 39.7 Å². The van der Waals surface area contributed by atoms with Crippen molar-refractivity contribution in [3.8, 4) is 56.0 Å². The maximum atomic E-state index is 6.82. The second-order valence-electron chi connectivity index (χ2n) is 12.1. The Hall–Kier alpha value is -6.38. The van der Waals surface area contributed by atoms with E-state index < -0.39 is 0 Å². The van der Waals surface area contributed by atoms with Crippen LogP contribution in [0.4, 0.5) is 17.1 Å². The lowest BCUT2D eigenvalue weighted by Crippen LogP contribution is -2.10. The van der Waals surface area contributed by atoms with Crippen LogP contribution in [0, 0.1) is 0 Å². The van der Waals surface area contributed by atoms with Gasteiger partial charge in [-0.05, 0) is 81.1 Å². The topological polar surface area (TPSA) is 12.5 Å². The van der Waals surface area contributed by atoms with Gasteiger partial charge in [-0.15, -0.1) is 0 Å². The van der Waals surface area contributed by atoms with Crippen LogP contribution in [0.2, 0.25) is 0 Å². The summed E-state index contributed by atoms with van der Waals surface area (Å²) in [5, 5.41) is 2.44. The highest BCUT2D eigenvalue weighted by atomic mass is 16.5. The molecule has 2 nitrogen and oxygen atoms in total. The number of hydrogen-bond donors (Lipinski definition) is 0. The summed E-state index contributed by atoms with van der Waals surface area (Å²) in [4.78, 5) is 2.31. The lowest BCUT2D eigenvalue weighted by atomic mass is 9.90. The molecule has 0 aliphatic carbocycles. The second kappa shape index (κ2) is 11.8. The lowest BCUT2D eigenvalue weighted by Gasteiger charge is -2.27. The molecule has 48 heavy (non-hydrogen) atoms. The predicted octanol–water partition coefficient (Wildman–Crippen LogP) is 13.1. The molecule has 0 bridgehead atoms. The summed E-state index contributed by atoms with van der Waals surface area (Å²) < 4.78 is 6.82. The third-order valence-corrected chi connectivity index (χ3v) is 9.28. The summed E-state index contributed by atoms with van der Waals surface area (Å²) in [7, 11) is 0. The van der Waals surface area contributed by atoms with Crippen LogP contribution in [0.1, 0.15) is 0 Å². The van der Waals surface area contributed by atoms with Crippen molar-refractivity contribution in [2.75, 3.05) is 4.90 Å². The van der Waals surface area contributed by atoms with Gasteiger partial charge in [-0.3, -0.25) is 0 Å². The van der Waals surface area contributed by atoms with Gasteiger partial charge < -0.3 is 9.64 Å². The molecule has 0 N–H and O–H groups in total. The van der Waals surface area contributed by atoms with Gasteiger partial charge in [-0.25, -0.2) is 0 Å². The van der Waals surface area contributed by atoms with Crippen LogP contribution in [0.15, 0.2) is 188 Å². The molecule has 0 unspecified atom stereocenters. The molecule has 0 saturated heterocycles. The first-order chi connectivity index (χ1) is 23.8. The molecule has 1 heterocycles. The van der Waals surface area contributed by atoms with Gasteiger partial charge in [0.25, 0.3) is 0 Å². The smallest absolute Gasteiger partial charge is 0.137 e. The molecule has 2 heteroatoms. The molecule has 0 atom stereocenters. The first kappa shape index (κ1) is 27.9. The zero-order valence-corrected chi connectivity index (χ0v) is 26.3. The van der Waals surface area contributed by atoms with Crippen molar-refractivity contribution < 1.29 is 4.74 Å². The zero-order valence-electron chi connectivity index (χ0n) is 26.3. The largest absolute Gasteiger partial charge is 0.456 e. The first-order valence-electron chi connectivity index (χ1n) is 16.3. The standard InChI is InChI=1S/C46H31NO/c1-3-11-32(12-4-1)34-19-24-37(25-20-34)47(38-26-21-35(22-27-38)33-13-5-2-6-14-33)39-28-30-41-42-29-23-36-15-7-8-16-40(36)46(42)43-17-9-10-18-44(43)48-45(41)31-39/h1-31H. The van der Waals surface area contributed by atoms with Crippen molar-refractivity contribution in [3.63, 3.8) is 0 Å². The highest BCUT2D eigenvalue weighted by molar-refractivity contribution is 6.07. The van der Waals surface area contributed by atoms with Crippen molar-refractivity contribution >= 4 is 27.8 Å². The van der Waals surface area contributed by atoms with Gasteiger partial charge in [-0.1, -0.05) is 140 Å². The number of hydrogen-bond acceptors (Lipinski definition) is 2. The van der Waals surface area contributed by atoms with Crippen molar-refractivity contribution in [2.45, 2.75) is 0 Å². The molecule has 1 aliphatic heterocycles. The number of para-hydroxylation sites is 1. The summed E-state index contributed by atoms with van der Waals surface area (Å²) in [6, 6.07) is 66.7. The van der Waals surface area contributed by atoms with Gasteiger partial charge in [0, 0.05) is 39.8 Å². The maximum absolute atomic E-state index is 6.82. The minimum atomic E-state index is 0.834. The number of ether oxygens (including phenoxy) is 1. The van der Waals surface area contributed by atoms with E-state index >= 15 is 0 Å². The van der Waals surface area contributed by atoms with Gasteiger partial charge in [-0.2, -0.15) is 0 Å². The summed E-state index contributed by atoms with van der Waals surface area (Å²) in [5.74, 6) is 1.69. The minimum absolute atomic E-state index is 0.834. The molecule has 1 aliphatic rings. The molecule has 0 radical (unpaired) electrons. The summed E-state index contributed by atoms with van der Waals surface area (Å²) in [5.41, 5.74) is 12.5. The van der Waals surface area contributed by atoms with Crippen molar-refractivity contribution in [3.05, 3.63) is 188 Å². The quantitative estimate of drug-likeness (QED) is 0.191. The molecule has 0 spiro atoms. The van der Waals surface area contributed by atoms with Crippen LogP contribution in [0.5, 0.6) is 11.5 Å². The van der Waals surface area contributed by atoms with E-state index in [1.165, 1.54) is 44.2 Å². The van der Waals surface area contributed by atoms with E-state index in [1.807, 2.05) is 6.07 Å². The Morgan fingerprint density at radius 3 is 1.52 bits per heavy atom. The van der Waals surface area contributed by atoms with Crippen LogP contribution >= 0.6 is 0 Å². The predicted molar refractivity (Wildman–Crippen MR) is 200 cm³/mol. The SMILES string of the molecule is c1ccc(-c2ccc(N(c3ccc(-c4ccccc4)cc3)c3ccc4c(c3)Oc3ccccc3-c3c-4ccc4ccccc34)cc2)cc1. The molecule has 9 rings (SSSR count). The monoisotopic (exact) mass is 613 g/mol. The van der Waals surface area contributed by atoms with E-state index in [4.69, 9.17) is 4.74 Å². The Morgan fingerprint density at radius 2 is 0.854 bits per heavy atom. The Balaban J connectivity index is 1.20. The molecule has 0 saturated carbocycles. The van der Waals surface area contributed by atoms with E-state index in [2.05, 4.69) is 187 Å². The van der Waals surface area contributed by atoms with Crippen LogP contribution in [-0.4, -0.2) is 0 Å². The lowest BCUT2D eigenvalue weighted by molar-refractivity contribution is 0.488. The number of rotatable bonds is 5. The molecule has 0 fully saturated rings. The third kappa shape index (κ3) is 4.92. The molecule has 8 aromatic rings. The summed E-state index contributed by atoms with van der Waals surface area (Å²) in [6.07, 6.45) is 0. The van der Waals surface area contributed by atoms with E-state index in [0.29, 0.717) is 0 Å². The van der Waals surface area contributed by atoms with Crippen molar-refractivity contribution in [1.82, 2.24) is 0 Å². The number of nitrogens with zero attached hydrogens (tertiary/aromatic N) is 1. The van der Waals surface area contributed by atoms with Crippen LogP contribution in [-0.2, 0) is 0 Å². The fourth-order valence-corrected chi connectivity index (χ4v) is 6.94. The highest BCUT2D eigenvalue weighted by Crippen LogP contribution is 2.51. The average molecular weight is 614 g/mol. The molecular formula is C46H31NO. The first-order valence-corrected chi connectivity index (χ1v) is 16.3. The molecule has 0 aromatic heterocycles. The normalized spacial score (nSPS) is 11.5. The number of fused-ring (bicyclic) bond motifs is 7. The van der Waals surface area contributed by atoms with Gasteiger partial charge in [0.15, 0.2) is 0 Å². The molecule has 0 amide bonds. The van der Waals surface area contributed by atoms with Crippen LogP contribution < -0.4 is 9.64 Å². The van der Waals surface area contributed by atoms with E-state index in [9.17, 15) is 0 Å². The number of anilines is 3. The Labute approximate surface area is 280 Å². The van der Waals surface area contributed by atoms with Crippen LogP contribution in [0.25, 0.3) is 55.3 Å². The van der Waals surface area contributed by atoms with Gasteiger partial charge in [0.05, 0.1) is 0 Å². The molecule has 8 aromatic carbocycles. The minimum Gasteiger partial charge on any atom is -0.456 e. The zero-order chi connectivity index (χ0) is 31.9. The summed E-state index contributed by atoms with van der Waals surface area (Å²) in [6.45, 7) is 0. The van der Waals surface area contributed by atoms with Crippen molar-refractivity contribution in [1.29, 1.82) is 0 Å². The Kier molecular flexibility index (Phi) is 6.84. The third-order valence-electron chi connectivity index (χ3n) is 9.28. The van der Waals surface area contributed by atoms with Gasteiger partial charge in [0.2, 0.25) is 0 Å². The Bertz CT molecular complexity index is 2310. The Morgan fingerprint density at radius 1 is 0.333 bits per heavy atom. The van der Waals surface area contributed by atoms with E-state index in [-0.39, 0.29) is 0 Å². The molecular weight excluding hydrogens is 583 g/mol.